The minimum Gasteiger partial charge on any atom is -0.496 e. The van der Waals surface area contributed by atoms with Crippen molar-refractivity contribution in [3.8, 4) is 5.75 Å². The molecule has 1 saturated heterocycles. The zero-order valence-electron chi connectivity index (χ0n) is 10.9. The molecule has 1 aliphatic heterocycles. The van der Waals surface area contributed by atoms with Crippen LogP contribution in [0.5, 0.6) is 5.75 Å². The molecule has 1 heterocycles. The van der Waals surface area contributed by atoms with Crippen molar-refractivity contribution in [2.24, 2.45) is 5.73 Å². The molecule has 0 spiro atoms. The lowest BCUT2D eigenvalue weighted by Gasteiger charge is -2.32. The van der Waals surface area contributed by atoms with Gasteiger partial charge >= 0.3 is 0 Å². The number of nitrogens with two attached hydrogens (primary N) is 1. The number of hydrogen-bond donors (Lipinski definition) is 2. The SMILES string of the molecule is COc1ccc(Br)cc1CN1CCOC(C(=N)N)C1. The molecule has 0 bridgehead atoms. The fourth-order valence-electron chi connectivity index (χ4n) is 2.15. The maximum atomic E-state index is 7.46. The van der Waals surface area contributed by atoms with E-state index in [4.69, 9.17) is 20.6 Å². The van der Waals surface area contributed by atoms with Crippen molar-refractivity contribution in [1.82, 2.24) is 4.90 Å². The van der Waals surface area contributed by atoms with Gasteiger partial charge in [0, 0.05) is 29.7 Å². The minimum absolute atomic E-state index is 0.0888. The number of nitrogens with zero attached hydrogens (tertiary/aromatic N) is 1. The molecule has 104 valence electrons. The van der Waals surface area contributed by atoms with Gasteiger partial charge in [-0.2, -0.15) is 0 Å². The molecule has 1 fully saturated rings. The van der Waals surface area contributed by atoms with Crippen molar-refractivity contribution in [2.75, 3.05) is 26.8 Å². The van der Waals surface area contributed by atoms with Crippen molar-refractivity contribution in [2.45, 2.75) is 12.6 Å². The summed E-state index contributed by atoms with van der Waals surface area (Å²) in [6.45, 7) is 2.83. The molecule has 0 aromatic heterocycles. The number of hydrogen-bond acceptors (Lipinski definition) is 4. The second-order valence-corrected chi connectivity index (χ2v) is 5.42. The standard InChI is InChI=1S/C13H18BrN3O2/c1-18-11-3-2-10(14)6-9(11)7-17-4-5-19-12(8-17)13(15)16/h2-3,6,12H,4-5,7-8H2,1H3,(H3,15,16). The summed E-state index contributed by atoms with van der Waals surface area (Å²) in [5, 5.41) is 7.46. The largest absolute Gasteiger partial charge is 0.496 e. The van der Waals surface area contributed by atoms with E-state index in [0.29, 0.717) is 13.2 Å². The monoisotopic (exact) mass is 327 g/mol. The fourth-order valence-corrected chi connectivity index (χ4v) is 2.55. The predicted octanol–water partition coefficient (Wildman–Crippen LogP) is 1.59. The van der Waals surface area contributed by atoms with E-state index in [-0.39, 0.29) is 11.9 Å². The van der Waals surface area contributed by atoms with Gasteiger partial charge in [0.1, 0.15) is 17.7 Å². The van der Waals surface area contributed by atoms with Crippen LogP contribution in [0.25, 0.3) is 0 Å². The lowest BCUT2D eigenvalue weighted by atomic mass is 10.1. The summed E-state index contributed by atoms with van der Waals surface area (Å²) < 4.78 is 11.9. The van der Waals surface area contributed by atoms with Crippen molar-refractivity contribution in [3.63, 3.8) is 0 Å². The summed E-state index contributed by atoms with van der Waals surface area (Å²) in [5.41, 5.74) is 6.61. The zero-order valence-corrected chi connectivity index (χ0v) is 12.4. The van der Waals surface area contributed by atoms with Gasteiger partial charge < -0.3 is 15.2 Å². The zero-order chi connectivity index (χ0) is 13.8. The average Bonchev–Trinajstić information content (AvgIpc) is 2.39. The van der Waals surface area contributed by atoms with Gasteiger partial charge in [-0.05, 0) is 18.2 Å². The van der Waals surface area contributed by atoms with Crippen LogP contribution in [0.1, 0.15) is 5.56 Å². The van der Waals surface area contributed by atoms with Crippen LogP contribution in [0, 0.1) is 5.41 Å². The van der Waals surface area contributed by atoms with Crippen LogP contribution in [0.15, 0.2) is 22.7 Å². The summed E-state index contributed by atoms with van der Waals surface area (Å²) in [6, 6.07) is 5.96. The van der Waals surface area contributed by atoms with Crippen LogP contribution in [0.3, 0.4) is 0 Å². The van der Waals surface area contributed by atoms with Crippen molar-refractivity contribution < 1.29 is 9.47 Å². The summed E-state index contributed by atoms with van der Waals surface area (Å²) in [6.07, 6.45) is -0.299. The van der Waals surface area contributed by atoms with Crippen molar-refractivity contribution >= 4 is 21.8 Å². The van der Waals surface area contributed by atoms with Gasteiger partial charge in [-0.1, -0.05) is 15.9 Å². The third-order valence-corrected chi connectivity index (χ3v) is 3.63. The van der Waals surface area contributed by atoms with Gasteiger partial charge in [0.2, 0.25) is 0 Å². The minimum atomic E-state index is -0.299. The Morgan fingerprint density at radius 3 is 3.11 bits per heavy atom. The lowest BCUT2D eigenvalue weighted by Crippen LogP contribution is -2.47. The predicted molar refractivity (Wildman–Crippen MR) is 77.6 cm³/mol. The maximum Gasteiger partial charge on any atom is 0.127 e. The molecule has 1 aromatic carbocycles. The van der Waals surface area contributed by atoms with E-state index in [1.54, 1.807) is 7.11 Å². The third kappa shape index (κ3) is 3.68. The second-order valence-electron chi connectivity index (χ2n) is 4.51. The van der Waals surface area contributed by atoms with E-state index < -0.39 is 0 Å². The molecule has 0 amide bonds. The Morgan fingerprint density at radius 2 is 2.42 bits per heavy atom. The molecule has 1 aromatic rings. The molecule has 5 nitrogen and oxygen atoms in total. The van der Waals surface area contributed by atoms with E-state index >= 15 is 0 Å². The Hall–Kier alpha value is -1.11. The highest BCUT2D eigenvalue weighted by molar-refractivity contribution is 9.10. The van der Waals surface area contributed by atoms with Crippen molar-refractivity contribution in [1.29, 1.82) is 5.41 Å². The Kier molecular flexibility index (Phi) is 4.79. The van der Waals surface area contributed by atoms with Crippen LogP contribution >= 0.6 is 15.9 Å². The van der Waals surface area contributed by atoms with E-state index in [1.807, 2.05) is 12.1 Å². The first-order valence-corrected chi connectivity index (χ1v) is 6.89. The molecule has 1 atom stereocenters. The third-order valence-electron chi connectivity index (χ3n) is 3.13. The number of morpholine rings is 1. The molecular weight excluding hydrogens is 310 g/mol. The Labute approximate surface area is 121 Å². The summed E-state index contributed by atoms with van der Waals surface area (Å²) >= 11 is 3.47. The molecule has 0 aliphatic carbocycles. The van der Waals surface area contributed by atoms with Crippen LogP contribution in [-0.4, -0.2) is 43.6 Å². The fraction of sp³-hybridized carbons (Fsp3) is 0.462. The highest BCUT2D eigenvalue weighted by atomic mass is 79.9. The first kappa shape index (κ1) is 14.3. The van der Waals surface area contributed by atoms with E-state index in [1.165, 1.54) is 0 Å². The molecule has 6 heteroatoms. The topological polar surface area (TPSA) is 71.6 Å². The quantitative estimate of drug-likeness (QED) is 0.650. The highest BCUT2D eigenvalue weighted by Gasteiger charge is 2.23. The molecule has 2 rings (SSSR count). The Bertz CT molecular complexity index is 467. The highest BCUT2D eigenvalue weighted by Crippen LogP contribution is 2.25. The Morgan fingerprint density at radius 1 is 1.63 bits per heavy atom. The van der Waals surface area contributed by atoms with E-state index in [0.717, 1.165) is 28.9 Å². The van der Waals surface area contributed by atoms with E-state index in [9.17, 15) is 0 Å². The summed E-state index contributed by atoms with van der Waals surface area (Å²) in [5.74, 6) is 0.958. The van der Waals surface area contributed by atoms with Gasteiger partial charge in [-0.3, -0.25) is 10.3 Å². The van der Waals surface area contributed by atoms with Crippen LogP contribution in [0.4, 0.5) is 0 Å². The van der Waals surface area contributed by atoms with Gasteiger partial charge in [-0.25, -0.2) is 0 Å². The Balaban J connectivity index is 2.08. The van der Waals surface area contributed by atoms with E-state index in [2.05, 4.69) is 26.9 Å². The summed E-state index contributed by atoms with van der Waals surface area (Å²) in [4.78, 5) is 2.22. The molecule has 0 radical (unpaired) electrons. The maximum absolute atomic E-state index is 7.46. The normalized spacial score (nSPS) is 20.2. The average molecular weight is 328 g/mol. The molecule has 3 N–H and O–H groups in total. The molecule has 1 aliphatic rings. The van der Waals surface area contributed by atoms with Crippen LogP contribution in [-0.2, 0) is 11.3 Å². The number of halogens is 1. The first-order valence-electron chi connectivity index (χ1n) is 6.10. The molecule has 19 heavy (non-hydrogen) atoms. The number of ether oxygens (including phenoxy) is 2. The van der Waals surface area contributed by atoms with Crippen LogP contribution < -0.4 is 10.5 Å². The number of nitrogens with one attached hydrogen (secondary N) is 1. The molecule has 1 unspecified atom stereocenters. The van der Waals surface area contributed by atoms with Gasteiger partial charge in [0.25, 0.3) is 0 Å². The second kappa shape index (κ2) is 6.36. The van der Waals surface area contributed by atoms with Crippen molar-refractivity contribution in [3.05, 3.63) is 28.2 Å². The van der Waals surface area contributed by atoms with Gasteiger partial charge in [0.05, 0.1) is 13.7 Å². The van der Waals surface area contributed by atoms with Crippen LogP contribution in [0.2, 0.25) is 0 Å². The van der Waals surface area contributed by atoms with Gasteiger partial charge in [0.15, 0.2) is 0 Å². The smallest absolute Gasteiger partial charge is 0.127 e. The number of benzene rings is 1. The molecular formula is C13H18BrN3O2. The molecule has 0 saturated carbocycles. The first-order chi connectivity index (χ1) is 9.10. The lowest BCUT2D eigenvalue weighted by molar-refractivity contribution is 0.00213. The van der Waals surface area contributed by atoms with Gasteiger partial charge in [-0.15, -0.1) is 0 Å². The number of amidine groups is 1. The number of rotatable bonds is 4. The number of methoxy groups -OCH3 is 1. The summed E-state index contributed by atoms with van der Waals surface area (Å²) in [7, 11) is 1.67.